The fraction of sp³-hybridized carbons (Fsp3) is 0.182. The Hall–Kier alpha value is -5.36. The maximum absolute atomic E-state index is 14.8. The minimum atomic E-state index is -4.62. The average molecular weight is 669 g/mol. The van der Waals surface area contributed by atoms with Crippen LogP contribution >= 0.6 is 0 Å². The molecule has 0 aliphatic carbocycles. The summed E-state index contributed by atoms with van der Waals surface area (Å²) >= 11 is 0. The first kappa shape index (κ1) is 31.9. The maximum Gasteiger partial charge on any atom is 0.416 e. The number of para-hydroxylation sites is 4. The van der Waals surface area contributed by atoms with Gasteiger partial charge in [-0.05, 0) is 99.6 Å². The number of nitrogens with zero attached hydrogens (tertiary/aromatic N) is 2. The van der Waals surface area contributed by atoms with Crippen LogP contribution in [0.3, 0.4) is 0 Å². The summed E-state index contributed by atoms with van der Waals surface area (Å²) in [4.78, 5) is 4.03. The summed E-state index contributed by atoms with van der Waals surface area (Å²) in [7, 11) is 0. The van der Waals surface area contributed by atoms with E-state index in [2.05, 4.69) is 44.7 Å². The molecule has 6 heteroatoms. The van der Waals surface area contributed by atoms with Gasteiger partial charge in [0.15, 0.2) is 0 Å². The first-order chi connectivity index (χ1) is 23.9. The van der Waals surface area contributed by atoms with E-state index < -0.39 is 18.4 Å². The molecule has 0 spiro atoms. The normalized spacial score (nSPS) is 15.5. The molecule has 250 valence electrons. The van der Waals surface area contributed by atoms with E-state index in [4.69, 9.17) is 0 Å². The molecule has 0 N–H and O–H groups in total. The Morgan fingerprint density at radius 3 is 1.22 bits per heavy atom. The fourth-order valence-corrected chi connectivity index (χ4v) is 8.01. The molecule has 2 aliphatic heterocycles. The van der Waals surface area contributed by atoms with Crippen LogP contribution in [-0.4, -0.2) is 0 Å². The fourth-order valence-electron chi connectivity index (χ4n) is 8.01. The SMILES string of the molecule is CC1(C)c2ccccc2N(c2cc(CF)cc(-c3cc(N4c5ccccc5C(C)(C)c5ccccc54)cc(C(F)(F)F)c3)c2)c2ccccc21. The molecule has 0 saturated carbocycles. The molecule has 0 radical (unpaired) electrons. The third-order valence-electron chi connectivity index (χ3n) is 10.5. The average Bonchev–Trinajstić information content (AvgIpc) is 3.11. The standard InChI is InChI=1S/C44H36F4N2/c1-42(2)34-13-5-9-17-38(34)49(39-18-10-6-14-35(39)42)32-22-28(27-45)21-29(24-32)30-23-31(44(46,47)48)26-33(25-30)50-40-19-11-7-15-36(40)43(3,4)37-16-8-12-20-41(37)50/h5-26H,27H2,1-4H3. The summed E-state index contributed by atoms with van der Waals surface area (Å²) in [6, 6.07) is 41.6. The molecular formula is C44H36F4N2. The molecule has 0 unspecified atom stereocenters. The molecule has 0 saturated heterocycles. The topological polar surface area (TPSA) is 6.48 Å². The van der Waals surface area contributed by atoms with Crippen molar-refractivity contribution in [3.05, 3.63) is 167 Å². The van der Waals surface area contributed by atoms with Crippen molar-refractivity contribution in [3.63, 3.8) is 0 Å². The van der Waals surface area contributed by atoms with E-state index in [9.17, 15) is 17.6 Å². The van der Waals surface area contributed by atoms with Crippen LogP contribution in [0.5, 0.6) is 0 Å². The molecule has 2 heterocycles. The summed E-state index contributed by atoms with van der Waals surface area (Å²) in [6.45, 7) is 7.89. The van der Waals surface area contributed by atoms with Crippen molar-refractivity contribution in [3.8, 4) is 11.1 Å². The molecule has 0 amide bonds. The highest BCUT2D eigenvalue weighted by atomic mass is 19.4. The van der Waals surface area contributed by atoms with Crippen molar-refractivity contribution in [1.82, 2.24) is 0 Å². The van der Waals surface area contributed by atoms with E-state index in [1.807, 2.05) is 95.9 Å². The van der Waals surface area contributed by atoms with Gasteiger partial charge in [0.1, 0.15) is 6.67 Å². The van der Waals surface area contributed by atoms with Crippen LogP contribution in [-0.2, 0) is 23.7 Å². The van der Waals surface area contributed by atoms with Crippen LogP contribution in [0.15, 0.2) is 133 Å². The first-order valence-electron chi connectivity index (χ1n) is 16.8. The van der Waals surface area contributed by atoms with Gasteiger partial charge in [-0.25, -0.2) is 4.39 Å². The predicted octanol–water partition coefficient (Wildman–Crippen LogP) is 13.1. The third kappa shape index (κ3) is 4.92. The summed E-state index contributed by atoms with van der Waals surface area (Å²) in [6.07, 6.45) is -4.62. The molecular weight excluding hydrogens is 632 g/mol. The molecule has 50 heavy (non-hydrogen) atoms. The van der Waals surface area contributed by atoms with Gasteiger partial charge in [-0.3, -0.25) is 0 Å². The Bertz CT molecular complexity index is 2180. The van der Waals surface area contributed by atoms with E-state index in [0.717, 1.165) is 45.0 Å². The molecule has 2 aliphatic rings. The smallest absolute Gasteiger partial charge is 0.310 e. The zero-order valence-electron chi connectivity index (χ0n) is 28.3. The molecule has 2 nitrogen and oxygen atoms in total. The number of anilines is 6. The van der Waals surface area contributed by atoms with Crippen LogP contribution in [0.1, 0.15) is 61.1 Å². The minimum absolute atomic E-state index is 0.296. The Kier molecular flexibility index (Phi) is 7.23. The van der Waals surface area contributed by atoms with Crippen molar-refractivity contribution in [2.75, 3.05) is 9.80 Å². The van der Waals surface area contributed by atoms with Gasteiger partial charge < -0.3 is 9.80 Å². The quantitative estimate of drug-likeness (QED) is 0.173. The number of halogens is 4. The highest BCUT2D eigenvalue weighted by Gasteiger charge is 2.39. The Balaban J connectivity index is 1.36. The molecule has 0 fully saturated rings. The lowest BCUT2D eigenvalue weighted by Gasteiger charge is -2.42. The summed E-state index contributed by atoms with van der Waals surface area (Å²) < 4.78 is 59.1. The van der Waals surface area contributed by atoms with Gasteiger partial charge in [-0.1, -0.05) is 100 Å². The molecule has 6 aromatic carbocycles. The number of rotatable bonds is 4. The monoisotopic (exact) mass is 668 g/mol. The van der Waals surface area contributed by atoms with Gasteiger partial charge in [-0.15, -0.1) is 0 Å². The number of hydrogen-bond acceptors (Lipinski definition) is 2. The molecule has 8 rings (SSSR count). The zero-order chi connectivity index (χ0) is 35.0. The predicted molar refractivity (Wildman–Crippen MR) is 195 cm³/mol. The zero-order valence-corrected chi connectivity index (χ0v) is 28.3. The van der Waals surface area contributed by atoms with Crippen LogP contribution < -0.4 is 9.80 Å². The van der Waals surface area contributed by atoms with Crippen molar-refractivity contribution in [2.45, 2.75) is 51.4 Å². The Labute approximate surface area is 290 Å². The van der Waals surface area contributed by atoms with E-state index in [0.29, 0.717) is 28.1 Å². The highest BCUT2D eigenvalue weighted by molar-refractivity contribution is 5.90. The minimum Gasteiger partial charge on any atom is -0.310 e. The van der Waals surface area contributed by atoms with Gasteiger partial charge in [0.2, 0.25) is 0 Å². The number of alkyl halides is 4. The van der Waals surface area contributed by atoms with Crippen molar-refractivity contribution in [1.29, 1.82) is 0 Å². The van der Waals surface area contributed by atoms with Crippen molar-refractivity contribution in [2.24, 2.45) is 0 Å². The van der Waals surface area contributed by atoms with Crippen molar-refractivity contribution < 1.29 is 17.6 Å². The summed E-state index contributed by atoms with van der Waals surface area (Å²) in [5.74, 6) is 0. The lowest BCUT2D eigenvalue weighted by atomic mass is 9.73. The second kappa shape index (κ2) is 11.3. The summed E-state index contributed by atoms with van der Waals surface area (Å²) in [5.41, 5.74) is 8.67. The second-order valence-corrected chi connectivity index (χ2v) is 14.3. The molecule has 6 aromatic rings. The Morgan fingerprint density at radius 2 is 0.840 bits per heavy atom. The molecule has 0 bridgehead atoms. The lowest BCUT2D eigenvalue weighted by molar-refractivity contribution is -0.137. The van der Waals surface area contributed by atoms with Gasteiger partial charge in [0, 0.05) is 22.2 Å². The van der Waals surface area contributed by atoms with Crippen molar-refractivity contribution >= 4 is 34.1 Å². The number of fused-ring (bicyclic) bond motifs is 4. The van der Waals surface area contributed by atoms with Gasteiger partial charge >= 0.3 is 6.18 Å². The van der Waals surface area contributed by atoms with E-state index in [-0.39, 0.29) is 10.8 Å². The Morgan fingerprint density at radius 1 is 0.480 bits per heavy atom. The van der Waals surface area contributed by atoms with Crippen LogP contribution in [0, 0.1) is 0 Å². The van der Waals surface area contributed by atoms with Crippen LogP contribution in [0.25, 0.3) is 11.1 Å². The van der Waals surface area contributed by atoms with Gasteiger partial charge in [0.25, 0.3) is 0 Å². The summed E-state index contributed by atoms with van der Waals surface area (Å²) in [5, 5.41) is 0. The van der Waals surface area contributed by atoms with Crippen LogP contribution in [0.4, 0.5) is 51.7 Å². The second-order valence-electron chi connectivity index (χ2n) is 14.3. The highest BCUT2D eigenvalue weighted by Crippen LogP contribution is 2.54. The number of hydrogen-bond donors (Lipinski definition) is 0. The van der Waals surface area contributed by atoms with Gasteiger partial charge in [-0.2, -0.15) is 13.2 Å². The van der Waals surface area contributed by atoms with E-state index in [1.54, 1.807) is 18.2 Å². The first-order valence-corrected chi connectivity index (χ1v) is 16.8. The maximum atomic E-state index is 14.8. The van der Waals surface area contributed by atoms with Crippen LogP contribution in [0.2, 0.25) is 0 Å². The largest absolute Gasteiger partial charge is 0.416 e. The third-order valence-corrected chi connectivity index (χ3v) is 10.5. The molecule has 0 aromatic heterocycles. The number of benzene rings is 6. The van der Waals surface area contributed by atoms with E-state index >= 15 is 0 Å². The van der Waals surface area contributed by atoms with Gasteiger partial charge in [0.05, 0.1) is 28.3 Å². The lowest BCUT2D eigenvalue weighted by Crippen LogP contribution is -2.30. The van der Waals surface area contributed by atoms with E-state index in [1.165, 1.54) is 12.1 Å². The molecule has 0 atom stereocenters.